The summed E-state index contributed by atoms with van der Waals surface area (Å²) in [4.78, 5) is 23.0. The zero-order valence-corrected chi connectivity index (χ0v) is 14.2. The van der Waals surface area contributed by atoms with Gasteiger partial charge in [-0.15, -0.1) is 0 Å². The van der Waals surface area contributed by atoms with Gasteiger partial charge in [0.15, 0.2) is 5.78 Å². The van der Waals surface area contributed by atoms with Gasteiger partial charge in [-0.1, -0.05) is 24.3 Å². The molecule has 0 saturated heterocycles. The number of benzene rings is 2. The summed E-state index contributed by atoms with van der Waals surface area (Å²) >= 11 is 0. The van der Waals surface area contributed by atoms with Crippen molar-refractivity contribution in [3.8, 4) is 5.75 Å². The number of carbonyl (C=O) groups is 2. The second-order valence-corrected chi connectivity index (χ2v) is 5.74. The third-order valence-electron chi connectivity index (χ3n) is 3.82. The molecule has 0 aliphatic heterocycles. The first-order valence-electron chi connectivity index (χ1n) is 8.11. The maximum Gasteiger partial charge on any atom is 0.220 e. The second kappa shape index (κ2) is 8.87. The topological polar surface area (TPSA) is 55.4 Å². The Balaban J connectivity index is 1.65. The van der Waals surface area contributed by atoms with Crippen LogP contribution < -0.4 is 10.1 Å². The van der Waals surface area contributed by atoms with Crippen LogP contribution in [0.3, 0.4) is 0 Å². The van der Waals surface area contributed by atoms with Crippen LogP contribution >= 0.6 is 0 Å². The molecule has 126 valence electrons. The number of aryl methyl sites for hydroxylation is 1. The molecule has 2 aromatic carbocycles. The Morgan fingerprint density at radius 2 is 1.75 bits per heavy atom. The van der Waals surface area contributed by atoms with E-state index in [2.05, 4.69) is 5.32 Å². The summed E-state index contributed by atoms with van der Waals surface area (Å²) in [6.07, 6.45) is 1.07. The first-order chi connectivity index (χ1) is 11.6. The zero-order chi connectivity index (χ0) is 17.4. The average Bonchev–Trinajstić information content (AvgIpc) is 2.58. The largest absolute Gasteiger partial charge is 0.494 e. The minimum atomic E-state index is 0.0220. The molecule has 0 unspecified atom stereocenters. The number of hydrogen-bond donors (Lipinski definition) is 1. The van der Waals surface area contributed by atoms with Crippen LogP contribution in [0.2, 0.25) is 0 Å². The Morgan fingerprint density at radius 3 is 2.42 bits per heavy atom. The summed E-state index contributed by atoms with van der Waals surface area (Å²) in [6, 6.07) is 15.0. The van der Waals surface area contributed by atoms with Crippen LogP contribution in [-0.4, -0.2) is 18.3 Å². The first-order valence-corrected chi connectivity index (χ1v) is 8.11. The number of nitrogens with one attached hydrogen (secondary N) is 1. The molecule has 1 amide bonds. The molecule has 4 nitrogen and oxygen atoms in total. The summed E-state index contributed by atoms with van der Waals surface area (Å²) in [5, 5.41) is 2.93. The van der Waals surface area contributed by atoms with Gasteiger partial charge in [0, 0.05) is 18.5 Å². The Bertz CT molecular complexity index is 692. The van der Waals surface area contributed by atoms with Gasteiger partial charge in [-0.2, -0.15) is 0 Å². The highest BCUT2D eigenvalue weighted by atomic mass is 16.5. The predicted molar refractivity (Wildman–Crippen MR) is 94.2 cm³/mol. The lowest BCUT2D eigenvalue weighted by Gasteiger charge is -2.09. The fraction of sp³-hybridized carbons (Fsp3) is 0.300. The van der Waals surface area contributed by atoms with Gasteiger partial charge in [0.05, 0.1) is 6.61 Å². The average molecular weight is 325 g/mol. The van der Waals surface area contributed by atoms with Crippen LogP contribution in [0.5, 0.6) is 5.75 Å². The molecule has 24 heavy (non-hydrogen) atoms. The lowest BCUT2D eigenvalue weighted by molar-refractivity contribution is -0.121. The van der Waals surface area contributed by atoms with Crippen molar-refractivity contribution in [1.82, 2.24) is 5.32 Å². The van der Waals surface area contributed by atoms with E-state index in [1.165, 1.54) is 12.5 Å². The van der Waals surface area contributed by atoms with Gasteiger partial charge in [-0.3, -0.25) is 9.59 Å². The molecule has 0 heterocycles. The lowest BCUT2D eigenvalue weighted by Crippen LogP contribution is -2.23. The van der Waals surface area contributed by atoms with Crippen molar-refractivity contribution >= 4 is 11.7 Å². The van der Waals surface area contributed by atoms with Crippen molar-refractivity contribution in [3.05, 3.63) is 65.2 Å². The van der Waals surface area contributed by atoms with E-state index in [1.54, 1.807) is 24.3 Å². The van der Waals surface area contributed by atoms with Crippen LogP contribution in [0.25, 0.3) is 0 Å². The molecule has 0 atom stereocenters. The lowest BCUT2D eigenvalue weighted by atomic mass is 10.1. The van der Waals surface area contributed by atoms with E-state index in [1.807, 2.05) is 31.2 Å². The van der Waals surface area contributed by atoms with Crippen molar-refractivity contribution < 1.29 is 14.3 Å². The van der Waals surface area contributed by atoms with Crippen molar-refractivity contribution in [2.75, 3.05) is 6.61 Å². The SMILES string of the molecule is CC(=O)c1ccc(OCCCC(=O)NCc2ccccc2C)cc1. The fourth-order valence-corrected chi connectivity index (χ4v) is 2.30. The van der Waals surface area contributed by atoms with Crippen molar-refractivity contribution in [2.45, 2.75) is 33.2 Å². The second-order valence-electron chi connectivity index (χ2n) is 5.74. The van der Waals surface area contributed by atoms with Gasteiger partial charge in [0.1, 0.15) is 5.75 Å². The van der Waals surface area contributed by atoms with Gasteiger partial charge in [0.25, 0.3) is 0 Å². The number of Topliss-reactive ketones (excluding diaryl/α,β-unsaturated/α-hetero) is 1. The van der Waals surface area contributed by atoms with E-state index >= 15 is 0 Å². The smallest absolute Gasteiger partial charge is 0.220 e. The quantitative estimate of drug-likeness (QED) is 0.595. The Labute approximate surface area is 142 Å². The maximum absolute atomic E-state index is 11.9. The summed E-state index contributed by atoms with van der Waals surface area (Å²) < 4.78 is 5.58. The first kappa shape index (κ1) is 17.7. The normalized spacial score (nSPS) is 10.2. The monoisotopic (exact) mass is 325 g/mol. The van der Waals surface area contributed by atoms with Crippen molar-refractivity contribution in [1.29, 1.82) is 0 Å². The molecule has 0 fully saturated rings. The van der Waals surface area contributed by atoms with Gasteiger partial charge >= 0.3 is 0 Å². The van der Waals surface area contributed by atoms with Crippen LogP contribution in [0.1, 0.15) is 41.3 Å². The molecule has 0 aliphatic carbocycles. The molecule has 2 aromatic rings. The number of hydrogen-bond acceptors (Lipinski definition) is 3. The van der Waals surface area contributed by atoms with Gasteiger partial charge in [-0.05, 0) is 55.7 Å². The van der Waals surface area contributed by atoms with E-state index < -0.39 is 0 Å². The minimum Gasteiger partial charge on any atom is -0.494 e. The molecule has 1 N–H and O–H groups in total. The van der Waals surface area contributed by atoms with Crippen molar-refractivity contribution in [2.24, 2.45) is 0 Å². The van der Waals surface area contributed by atoms with Gasteiger partial charge in [-0.25, -0.2) is 0 Å². The Hall–Kier alpha value is -2.62. The predicted octanol–water partition coefficient (Wildman–Crippen LogP) is 3.67. The zero-order valence-electron chi connectivity index (χ0n) is 14.2. The highest BCUT2D eigenvalue weighted by Gasteiger charge is 2.04. The van der Waals surface area contributed by atoms with Crippen molar-refractivity contribution in [3.63, 3.8) is 0 Å². The fourth-order valence-electron chi connectivity index (χ4n) is 2.30. The molecule has 2 rings (SSSR count). The van der Waals surface area contributed by atoms with Crippen LogP contribution in [-0.2, 0) is 11.3 Å². The van der Waals surface area contributed by atoms with Crippen LogP contribution in [0.15, 0.2) is 48.5 Å². The Morgan fingerprint density at radius 1 is 1.04 bits per heavy atom. The summed E-state index contributed by atoms with van der Waals surface area (Å²) in [7, 11) is 0. The molecule has 0 radical (unpaired) electrons. The van der Waals surface area contributed by atoms with Crippen LogP contribution in [0, 0.1) is 6.92 Å². The number of rotatable bonds is 8. The van der Waals surface area contributed by atoms with Gasteiger partial charge in [0.2, 0.25) is 5.91 Å². The summed E-state index contributed by atoms with van der Waals surface area (Å²) in [5.74, 6) is 0.765. The van der Waals surface area contributed by atoms with E-state index in [9.17, 15) is 9.59 Å². The number of ether oxygens (including phenoxy) is 1. The minimum absolute atomic E-state index is 0.0220. The Kier molecular flexibility index (Phi) is 6.55. The summed E-state index contributed by atoms with van der Waals surface area (Å²) in [5.41, 5.74) is 2.97. The molecule has 0 spiro atoms. The molecule has 0 aliphatic rings. The molecule has 4 heteroatoms. The van der Waals surface area contributed by atoms with E-state index in [4.69, 9.17) is 4.74 Å². The molecule has 0 bridgehead atoms. The molecule has 0 saturated carbocycles. The number of ketones is 1. The number of carbonyl (C=O) groups excluding carboxylic acids is 2. The maximum atomic E-state index is 11.9. The highest BCUT2D eigenvalue weighted by Crippen LogP contribution is 2.13. The third-order valence-corrected chi connectivity index (χ3v) is 3.82. The van der Waals surface area contributed by atoms with Gasteiger partial charge < -0.3 is 10.1 Å². The number of amides is 1. The van der Waals surface area contributed by atoms with E-state index in [-0.39, 0.29) is 11.7 Å². The van der Waals surface area contributed by atoms with E-state index in [0.29, 0.717) is 37.3 Å². The molecular formula is C20H23NO3. The standard InChI is InChI=1S/C20H23NO3/c1-15-6-3-4-7-18(15)14-21-20(23)8-5-13-24-19-11-9-17(10-12-19)16(2)22/h3-4,6-7,9-12H,5,8,13-14H2,1-2H3,(H,21,23). The van der Waals surface area contributed by atoms with Crippen LogP contribution in [0.4, 0.5) is 0 Å². The highest BCUT2D eigenvalue weighted by molar-refractivity contribution is 5.94. The summed E-state index contributed by atoms with van der Waals surface area (Å²) in [6.45, 7) is 4.59. The molecule has 0 aromatic heterocycles. The molecular weight excluding hydrogens is 302 g/mol. The van der Waals surface area contributed by atoms with E-state index in [0.717, 1.165) is 5.56 Å². The third kappa shape index (κ3) is 5.54.